The Kier molecular flexibility index (Phi) is 18.3. The highest BCUT2D eigenvalue weighted by Crippen LogP contribution is 2.26. The van der Waals surface area contributed by atoms with Gasteiger partial charge in [0.25, 0.3) is 0 Å². The van der Waals surface area contributed by atoms with Crippen LogP contribution < -0.4 is 15.5 Å². The van der Waals surface area contributed by atoms with E-state index in [1.807, 2.05) is 48.5 Å². The van der Waals surface area contributed by atoms with Gasteiger partial charge in [-0.1, -0.05) is 42.2 Å². The minimum absolute atomic E-state index is 0.0331. The molecule has 0 saturated heterocycles. The normalized spacial score (nSPS) is 12.5. The number of anilines is 1. The van der Waals surface area contributed by atoms with Crippen LogP contribution in [0, 0.1) is 11.8 Å². The van der Waals surface area contributed by atoms with E-state index in [4.69, 9.17) is 34.3 Å². The van der Waals surface area contributed by atoms with Crippen LogP contribution in [0.3, 0.4) is 0 Å². The number of nitrogens with zero attached hydrogens (tertiary/aromatic N) is 1. The zero-order valence-electron chi connectivity index (χ0n) is 33.6. The molecule has 2 aromatic carbocycles. The molecule has 58 heavy (non-hydrogen) atoms. The maximum atomic E-state index is 13.6. The Labute approximate surface area is 338 Å². The lowest BCUT2D eigenvalue weighted by Gasteiger charge is -2.35. The van der Waals surface area contributed by atoms with Crippen molar-refractivity contribution in [3.8, 4) is 11.8 Å². The predicted molar refractivity (Wildman–Crippen MR) is 211 cm³/mol. The SMILES string of the molecule is CC(C)(COC(C)(C)CCC(=O)NC(COCCC(=O)O)(COCCC(=O)O)COCCC(=O)O)NC(=O)CCC(=O)N1Cc2ccccc2C#Cc2ccccc21. The molecule has 5 N–H and O–H groups in total. The number of ether oxygens (including phenoxy) is 4. The molecule has 1 aliphatic rings. The second-order valence-electron chi connectivity index (χ2n) is 15.3. The number of hydrogen-bond acceptors (Lipinski definition) is 10. The van der Waals surface area contributed by atoms with Gasteiger partial charge in [-0.05, 0) is 57.9 Å². The summed E-state index contributed by atoms with van der Waals surface area (Å²) in [4.78, 5) is 74.9. The molecule has 0 saturated carbocycles. The predicted octanol–water partition coefficient (Wildman–Crippen LogP) is 3.51. The van der Waals surface area contributed by atoms with Crippen LogP contribution in [0.5, 0.6) is 0 Å². The van der Waals surface area contributed by atoms with E-state index in [-0.39, 0.29) is 103 Å². The summed E-state index contributed by atoms with van der Waals surface area (Å²) < 4.78 is 22.8. The molecule has 316 valence electrons. The van der Waals surface area contributed by atoms with E-state index >= 15 is 0 Å². The second kappa shape index (κ2) is 22.6. The molecule has 0 unspecified atom stereocenters. The summed E-state index contributed by atoms with van der Waals surface area (Å²) in [5.41, 5.74) is 0.0465. The topological polar surface area (TPSA) is 227 Å². The summed E-state index contributed by atoms with van der Waals surface area (Å²) in [6.07, 6.45) is -0.874. The van der Waals surface area contributed by atoms with Gasteiger partial charge in [-0.25, -0.2) is 0 Å². The van der Waals surface area contributed by atoms with Gasteiger partial charge in [0.1, 0.15) is 5.54 Å². The quantitative estimate of drug-likeness (QED) is 0.0678. The fraction of sp³-hybridized carbons (Fsp3) is 0.524. The molecule has 0 atom stereocenters. The Hall–Kier alpha value is -5.34. The van der Waals surface area contributed by atoms with Gasteiger partial charge in [-0.15, -0.1) is 0 Å². The van der Waals surface area contributed by atoms with Crippen molar-refractivity contribution < 1.29 is 63.0 Å². The number of rotatable bonds is 26. The van der Waals surface area contributed by atoms with Crippen molar-refractivity contribution in [2.24, 2.45) is 0 Å². The first-order chi connectivity index (χ1) is 27.4. The summed E-state index contributed by atoms with van der Waals surface area (Å²) >= 11 is 0. The van der Waals surface area contributed by atoms with Gasteiger partial charge < -0.3 is 49.8 Å². The molecule has 3 amide bonds. The lowest BCUT2D eigenvalue weighted by molar-refractivity contribution is -0.140. The third-order valence-electron chi connectivity index (χ3n) is 8.92. The number of nitrogens with one attached hydrogen (secondary N) is 2. The van der Waals surface area contributed by atoms with Gasteiger partial charge in [0.05, 0.1) is 88.9 Å². The Bertz CT molecular complexity index is 1760. The van der Waals surface area contributed by atoms with Crippen molar-refractivity contribution in [2.45, 2.75) is 95.9 Å². The largest absolute Gasteiger partial charge is 0.481 e. The zero-order valence-corrected chi connectivity index (χ0v) is 33.6. The number of aliphatic carboxylic acids is 3. The maximum absolute atomic E-state index is 13.6. The number of benzene rings is 2. The molecule has 0 fully saturated rings. The Morgan fingerprint density at radius 1 is 0.638 bits per heavy atom. The number of carbonyl (C=O) groups excluding carboxylic acids is 3. The van der Waals surface area contributed by atoms with Crippen LogP contribution >= 0.6 is 0 Å². The van der Waals surface area contributed by atoms with Crippen molar-refractivity contribution in [1.82, 2.24) is 10.6 Å². The van der Waals surface area contributed by atoms with Crippen LogP contribution in [-0.4, -0.2) is 114 Å². The monoisotopic (exact) mass is 809 g/mol. The highest BCUT2D eigenvalue weighted by molar-refractivity contribution is 5.97. The van der Waals surface area contributed by atoms with Gasteiger partial charge in [0.2, 0.25) is 17.7 Å². The number of fused-ring (bicyclic) bond motifs is 2. The molecule has 0 spiro atoms. The molecule has 0 aromatic heterocycles. The van der Waals surface area contributed by atoms with Crippen molar-refractivity contribution in [3.05, 3.63) is 65.2 Å². The van der Waals surface area contributed by atoms with Gasteiger partial charge in [0, 0.05) is 30.4 Å². The van der Waals surface area contributed by atoms with Gasteiger partial charge in [-0.3, -0.25) is 28.8 Å². The highest BCUT2D eigenvalue weighted by Gasteiger charge is 2.35. The molecule has 16 nitrogen and oxygen atoms in total. The van der Waals surface area contributed by atoms with Crippen LogP contribution in [0.4, 0.5) is 5.69 Å². The first-order valence-electron chi connectivity index (χ1n) is 19.0. The first kappa shape index (κ1) is 47.0. The molecule has 16 heteroatoms. The zero-order chi connectivity index (χ0) is 42.8. The van der Waals surface area contributed by atoms with E-state index < -0.39 is 40.5 Å². The molecular formula is C42H55N3O13. The molecule has 1 aliphatic heterocycles. The number of hydrogen-bond donors (Lipinski definition) is 5. The molecular weight excluding hydrogens is 754 g/mol. The second-order valence-corrected chi connectivity index (χ2v) is 15.3. The summed E-state index contributed by atoms with van der Waals surface area (Å²) in [6.45, 7) is 6.15. The fourth-order valence-corrected chi connectivity index (χ4v) is 5.77. The molecule has 3 rings (SSSR count). The molecule has 0 aliphatic carbocycles. The van der Waals surface area contributed by atoms with E-state index in [0.717, 1.165) is 16.7 Å². The Morgan fingerprint density at radius 2 is 1.14 bits per heavy atom. The smallest absolute Gasteiger partial charge is 0.305 e. The van der Waals surface area contributed by atoms with Crippen molar-refractivity contribution in [1.29, 1.82) is 0 Å². The van der Waals surface area contributed by atoms with Gasteiger partial charge in [0.15, 0.2) is 0 Å². The van der Waals surface area contributed by atoms with E-state index in [1.165, 1.54) is 0 Å². The van der Waals surface area contributed by atoms with Crippen molar-refractivity contribution in [2.75, 3.05) is 51.1 Å². The highest BCUT2D eigenvalue weighted by atomic mass is 16.5. The maximum Gasteiger partial charge on any atom is 0.305 e. The van der Waals surface area contributed by atoms with Crippen molar-refractivity contribution >= 4 is 41.3 Å². The minimum Gasteiger partial charge on any atom is -0.481 e. The van der Waals surface area contributed by atoms with Crippen LogP contribution in [0.25, 0.3) is 0 Å². The standard InChI is InChI=1S/C42H55N3O13/c1-40(2,43-34(46)15-16-36(48)45-25-32-11-6-5-9-30(32)13-14-31-10-7-8-12-33(31)45)26-58-41(3,4)21-17-35(47)44-42(27-55-22-18-37(49)50,28-56-23-19-38(51)52)29-57-24-20-39(53)54/h5-12H,15-29H2,1-4H3,(H,43,46)(H,44,47)(H,49,50)(H,51,52)(H,53,54). The van der Waals surface area contributed by atoms with Crippen LogP contribution in [0.1, 0.15) is 89.3 Å². The minimum atomic E-state index is -1.40. The third-order valence-corrected chi connectivity index (χ3v) is 8.92. The van der Waals surface area contributed by atoms with Crippen LogP contribution in [0.15, 0.2) is 48.5 Å². The average Bonchev–Trinajstić information content (AvgIpc) is 3.15. The number of amides is 3. The molecule has 0 bridgehead atoms. The molecule has 1 heterocycles. The van der Waals surface area contributed by atoms with E-state index in [9.17, 15) is 28.8 Å². The fourth-order valence-electron chi connectivity index (χ4n) is 5.77. The van der Waals surface area contributed by atoms with Gasteiger partial charge >= 0.3 is 17.9 Å². The summed E-state index contributed by atoms with van der Waals surface area (Å²) in [5.74, 6) is 2.03. The first-order valence-corrected chi connectivity index (χ1v) is 19.0. The van der Waals surface area contributed by atoms with E-state index in [2.05, 4.69) is 22.5 Å². The van der Waals surface area contributed by atoms with Crippen LogP contribution in [-0.2, 0) is 54.3 Å². The number of para-hydroxylation sites is 1. The molecule has 2 aromatic rings. The lowest BCUT2D eigenvalue weighted by Crippen LogP contribution is -2.59. The number of carboxylic acids is 3. The Morgan fingerprint density at radius 3 is 1.71 bits per heavy atom. The Balaban J connectivity index is 1.56. The summed E-state index contributed by atoms with van der Waals surface area (Å²) in [6, 6.07) is 15.1. The number of carboxylic acid groups (broad SMARTS) is 3. The van der Waals surface area contributed by atoms with Gasteiger partial charge in [-0.2, -0.15) is 0 Å². The lowest BCUT2D eigenvalue weighted by atomic mass is 9.98. The van der Waals surface area contributed by atoms with E-state index in [1.54, 1.807) is 32.6 Å². The van der Waals surface area contributed by atoms with Crippen LogP contribution in [0.2, 0.25) is 0 Å². The third kappa shape index (κ3) is 17.0. The molecule has 0 radical (unpaired) electrons. The number of carbonyl (C=O) groups is 6. The summed E-state index contributed by atoms with van der Waals surface area (Å²) in [5, 5.41) is 32.8. The van der Waals surface area contributed by atoms with Crippen molar-refractivity contribution in [3.63, 3.8) is 0 Å². The summed E-state index contributed by atoms with van der Waals surface area (Å²) in [7, 11) is 0. The average molecular weight is 810 g/mol. The van der Waals surface area contributed by atoms with E-state index in [0.29, 0.717) is 12.2 Å².